The van der Waals surface area contributed by atoms with Crippen molar-refractivity contribution in [3.8, 4) is 0 Å². The summed E-state index contributed by atoms with van der Waals surface area (Å²) in [7, 11) is 1.64. The molecule has 0 bridgehead atoms. The molecule has 0 saturated carbocycles. The summed E-state index contributed by atoms with van der Waals surface area (Å²) in [6.45, 7) is 0. The molecular formula is C10H10CrO. The fourth-order valence-corrected chi connectivity index (χ4v) is 0.903. The number of rotatable bonds is 3. The van der Waals surface area contributed by atoms with Crippen molar-refractivity contribution in [2.75, 3.05) is 7.11 Å². The van der Waals surface area contributed by atoms with Crippen LogP contribution in [0.5, 0.6) is 0 Å². The van der Waals surface area contributed by atoms with Crippen LogP contribution < -0.4 is 0 Å². The molecule has 62 valence electrons. The van der Waals surface area contributed by atoms with E-state index in [1.165, 1.54) is 5.56 Å². The second kappa shape index (κ2) is 5.05. The third kappa shape index (κ3) is 3.15. The van der Waals surface area contributed by atoms with Gasteiger partial charge in [0, 0.05) is 0 Å². The van der Waals surface area contributed by atoms with Crippen molar-refractivity contribution in [2.45, 2.75) is 0 Å². The van der Waals surface area contributed by atoms with Gasteiger partial charge < -0.3 is 0 Å². The molecule has 0 N–H and O–H groups in total. The minimum absolute atomic E-state index is 0.791. The Hall–Kier alpha value is -0.678. The molecule has 0 aromatic heterocycles. The molecule has 0 fully saturated rings. The van der Waals surface area contributed by atoms with Gasteiger partial charge in [-0.25, -0.2) is 0 Å². The quantitative estimate of drug-likeness (QED) is 0.722. The predicted octanol–water partition coefficient (Wildman–Crippen LogP) is 2.02. The van der Waals surface area contributed by atoms with E-state index in [1.807, 2.05) is 42.5 Å². The molecule has 1 nitrogen and oxygen atoms in total. The number of benzene rings is 1. The van der Waals surface area contributed by atoms with Gasteiger partial charge in [-0.2, -0.15) is 0 Å². The third-order valence-corrected chi connectivity index (χ3v) is 1.89. The van der Waals surface area contributed by atoms with Crippen LogP contribution in [0.4, 0.5) is 0 Å². The van der Waals surface area contributed by atoms with Crippen LogP contribution in [0.2, 0.25) is 0 Å². The van der Waals surface area contributed by atoms with Crippen molar-refractivity contribution in [1.29, 1.82) is 0 Å². The molecule has 0 atom stereocenters. The van der Waals surface area contributed by atoms with Crippen LogP contribution in [-0.2, 0) is 20.6 Å². The molecule has 0 heterocycles. The fourth-order valence-electron chi connectivity index (χ4n) is 0.796. The Labute approximate surface area is 80.6 Å². The first kappa shape index (κ1) is 9.41. The molecule has 1 aromatic carbocycles. The summed E-state index contributed by atoms with van der Waals surface area (Å²) in [5.41, 5.74) is 1.17. The average Bonchev–Trinajstić information content (AvgIpc) is 2.16. The summed E-state index contributed by atoms with van der Waals surface area (Å²) < 4.78 is 5.74. The van der Waals surface area contributed by atoms with E-state index in [2.05, 4.69) is 15.9 Å². The van der Waals surface area contributed by atoms with Crippen LogP contribution in [0.1, 0.15) is 5.56 Å². The third-order valence-electron chi connectivity index (χ3n) is 1.41. The first-order chi connectivity index (χ1) is 5.83. The Morgan fingerprint density at radius 2 is 2.00 bits per heavy atom. The van der Waals surface area contributed by atoms with E-state index >= 15 is 0 Å². The van der Waals surface area contributed by atoms with Gasteiger partial charge in [0.15, 0.2) is 0 Å². The summed E-state index contributed by atoms with van der Waals surface area (Å²) in [6.07, 6.45) is 3.89. The Morgan fingerprint density at radius 1 is 1.33 bits per heavy atom. The Bertz CT molecular complexity index is 277. The van der Waals surface area contributed by atoms with Crippen LogP contribution in [0, 0.1) is 0 Å². The number of hydrogen-bond acceptors (Lipinski definition) is 1. The van der Waals surface area contributed by atoms with Crippen molar-refractivity contribution in [1.82, 2.24) is 0 Å². The predicted molar refractivity (Wildman–Crippen MR) is 47.5 cm³/mol. The van der Waals surface area contributed by atoms with Gasteiger partial charge in [0.1, 0.15) is 0 Å². The van der Waals surface area contributed by atoms with Crippen molar-refractivity contribution < 1.29 is 20.6 Å². The molecule has 1 rings (SSSR count). The summed E-state index contributed by atoms with van der Waals surface area (Å²) in [5, 5.41) is 0. The zero-order valence-corrected chi connectivity index (χ0v) is 8.13. The summed E-state index contributed by atoms with van der Waals surface area (Å²) >= 11 is 2.80. The maximum atomic E-state index is 4.95. The topological polar surface area (TPSA) is 9.23 Å². The molecule has 0 amide bonds. The van der Waals surface area contributed by atoms with Gasteiger partial charge >= 0.3 is 80.3 Å². The van der Waals surface area contributed by atoms with Gasteiger partial charge in [0.25, 0.3) is 0 Å². The van der Waals surface area contributed by atoms with Crippen LogP contribution in [-0.4, -0.2) is 11.7 Å². The van der Waals surface area contributed by atoms with Crippen molar-refractivity contribution in [2.24, 2.45) is 0 Å². The van der Waals surface area contributed by atoms with Gasteiger partial charge in [0.05, 0.1) is 0 Å². The van der Waals surface area contributed by atoms with Crippen LogP contribution in [0.3, 0.4) is 0 Å². The molecule has 0 spiro atoms. The van der Waals surface area contributed by atoms with Gasteiger partial charge in [-0.05, 0) is 0 Å². The fraction of sp³-hybridized carbons (Fsp3) is 0.100. The van der Waals surface area contributed by atoms with Gasteiger partial charge in [-0.1, -0.05) is 0 Å². The first-order valence-electron chi connectivity index (χ1n) is 3.64. The second-order valence-corrected chi connectivity index (χ2v) is 2.90. The molecule has 12 heavy (non-hydrogen) atoms. The average molecular weight is 198 g/mol. The molecular weight excluding hydrogens is 188 g/mol. The van der Waals surface area contributed by atoms with E-state index in [1.54, 1.807) is 7.11 Å². The van der Waals surface area contributed by atoms with E-state index in [4.69, 9.17) is 4.74 Å². The number of hydrogen-bond donors (Lipinski definition) is 0. The summed E-state index contributed by atoms with van der Waals surface area (Å²) in [6, 6.07) is 10.1. The van der Waals surface area contributed by atoms with Crippen LogP contribution in [0.15, 0.2) is 36.4 Å². The minimum atomic E-state index is 0.791. The van der Waals surface area contributed by atoms with Crippen molar-refractivity contribution in [3.05, 3.63) is 42.0 Å². The molecule has 0 saturated heterocycles. The molecule has 2 heteroatoms. The molecule has 1 aromatic rings. The van der Waals surface area contributed by atoms with Gasteiger partial charge in [-0.3, -0.25) is 0 Å². The SMILES string of the molecule is CO[C](=[Cr])/C=C/c1ccccc1. The van der Waals surface area contributed by atoms with Crippen LogP contribution >= 0.6 is 0 Å². The normalized spacial score (nSPS) is 10.4. The van der Waals surface area contributed by atoms with Gasteiger partial charge in [-0.15, -0.1) is 0 Å². The van der Waals surface area contributed by atoms with E-state index in [9.17, 15) is 0 Å². The molecule has 0 unspecified atom stereocenters. The van der Waals surface area contributed by atoms with Gasteiger partial charge in [0.2, 0.25) is 0 Å². The summed E-state index contributed by atoms with van der Waals surface area (Å²) in [5.74, 6) is 0. The number of methoxy groups -OCH3 is 1. The maximum absolute atomic E-state index is 4.95. The molecule has 0 aliphatic heterocycles. The Kier molecular flexibility index (Phi) is 3.96. The van der Waals surface area contributed by atoms with Crippen molar-refractivity contribution >= 4 is 10.6 Å². The standard InChI is InChI=1S/C10H10O.Cr/c1-11-9-5-8-10-6-3-2-4-7-10;/h2-8H,1H3;/b8-5+;. The van der Waals surface area contributed by atoms with E-state index in [0.29, 0.717) is 0 Å². The Balaban J connectivity index is 2.64. The number of ether oxygens (including phenoxy) is 1. The Morgan fingerprint density at radius 3 is 2.58 bits per heavy atom. The summed E-state index contributed by atoms with van der Waals surface area (Å²) in [4.78, 5) is 0. The molecule has 0 aliphatic rings. The van der Waals surface area contributed by atoms with Crippen LogP contribution in [0.25, 0.3) is 6.08 Å². The van der Waals surface area contributed by atoms with E-state index < -0.39 is 0 Å². The monoisotopic (exact) mass is 198 g/mol. The zero-order valence-electron chi connectivity index (χ0n) is 6.86. The first-order valence-corrected chi connectivity index (χ1v) is 4.28. The second-order valence-electron chi connectivity index (χ2n) is 2.27. The van der Waals surface area contributed by atoms with E-state index in [-0.39, 0.29) is 0 Å². The molecule has 0 radical (unpaired) electrons. The van der Waals surface area contributed by atoms with Crippen molar-refractivity contribution in [3.63, 3.8) is 0 Å². The molecule has 0 aliphatic carbocycles. The zero-order chi connectivity index (χ0) is 8.81. The van der Waals surface area contributed by atoms with E-state index in [0.717, 1.165) is 4.57 Å².